The topological polar surface area (TPSA) is 37.0 Å². The minimum Gasteiger partial charge on any atom is -0.370 e. The largest absolute Gasteiger partial charge is 0.370 e. The van der Waals surface area contributed by atoms with E-state index in [1.165, 1.54) is 56.5 Å². The van der Waals surface area contributed by atoms with Gasteiger partial charge in [0.15, 0.2) is 0 Å². The molecule has 2 aliphatic rings. The molecule has 98 valence electrons. The third-order valence-electron chi connectivity index (χ3n) is 4.22. The van der Waals surface area contributed by atoms with Crippen LogP contribution in [0.5, 0.6) is 0 Å². The summed E-state index contributed by atoms with van der Waals surface area (Å²) in [5.41, 5.74) is 2.66. The number of aromatic nitrogens is 1. The van der Waals surface area contributed by atoms with Gasteiger partial charge in [-0.05, 0) is 69.2 Å². The highest BCUT2D eigenvalue weighted by molar-refractivity contribution is 5.46. The van der Waals surface area contributed by atoms with E-state index in [1.54, 1.807) is 0 Å². The Morgan fingerprint density at radius 1 is 1.17 bits per heavy atom. The van der Waals surface area contributed by atoms with Crippen LogP contribution in [0.15, 0.2) is 12.1 Å². The van der Waals surface area contributed by atoms with Gasteiger partial charge in [0.2, 0.25) is 0 Å². The van der Waals surface area contributed by atoms with Crippen molar-refractivity contribution in [2.45, 2.75) is 38.5 Å². The molecule has 0 aromatic carbocycles. The highest BCUT2D eigenvalue weighted by Gasteiger charge is 2.14. The van der Waals surface area contributed by atoms with Gasteiger partial charge in [0.25, 0.3) is 0 Å². The van der Waals surface area contributed by atoms with Crippen LogP contribution in [-0.4, -0.2) is 24.6 Å². The Labute approximate surface area is 109 Å². The molecule has 3 heterocycles. The second kappa shape index (κ2) is 5.70. The second-order valence-electron chi connectivity index (χ2n) is 5.57. The van der Waals surface area contributed by atoms with Crippen molar-refractivity contribution in [1.82, 2.24) is 10.3 Å². The predicted molar refractivity (Wildman–Crippen MR) is 75.0 cm³/mol. The lowest BCUT2D eigenvalue weighted by Crippen LogP contribution is -2.28. The summed E-state index contributed by atoms with van der Waals surface area (Å²) < 4.78 is 0. The van der Waals surface area contributed by atoms with E-state index in [2.05, 4.69) is 22.8 Å². The van der Waals surface area contributed by atoms with E-state index in [1.807, 2.05) is 0 Å². The first-order chi connectivity index (χ1) is 8.92. The Balaban J connectivity index is 1.58. The van der Waals surface area contributed by atoms with Gasteiger partial charge in [-0.1, -0.05) is 6.07 Å². The van der Waals surface area contributed by atoms with Crippen molar-refractivity contribution < 1.29 is 0 Å². The zero-order chi connectivity index (χ0) is 12.2. The maximum atomic E-state index is 4.77. The maximum Gasteiger partial charge on any atom is 0.129 e. The fourth-order valence-electron chi connectivity index (χ4n) is 3.03. The zero-order valence-electron chi connectivity index (χ0n) is 11.0. The first-order valence-electron chi connectivity index (χ1n) is 7.35. The fraction of sp³-hybridized carbons (Fsp3) is 0.667. The molecule has 1 fully saturated rings. The van der Waals surface area contributed by atoms with Crippen molar-refractivity contribution in [3.8, 4) is 0 Å². The third-order valence-corrected chi connectivity index (χ3v) is 4.22. The number of piperidine rings is 1. The molecule has 1 saturated heterocycles. The second-order valence-corrected chi connectivity index (χ2v) is 5.57. The normalized spacial score (nSPS) is 20.2. The Bertz CT molecular complexity index is 397. The van der Waals surface area contributed by atoms with Crippen molar-refractivity contribution in [2.75, 3.05) is 25.0 Å². The van der Waals surface area contributed by atoms with E-state index in [-0.39, 0.29) is 0 Å². The standard InChI is InChI=1S/C15H23N3/c1-2-13-4-6-14(18-15(13)17-9-1)5-3-12-7-10-16-11-8-12/h4,6,12,16H,1-3,5,7-11H2,(H,17,18). The van der Waals surface area contributed by atoms with Crippen LogP contribution in [0.4, 0.5) is 5.82 Å². The van der Waals surface area contributed by atoms with E-state index in [0.29, 0.717) is 0 Å². The minimum atomic E-state index is 0.900. The van der Waals surface area contributed by atoms with E-state index in [4.69, 9.17) is 4.98 Å². The van der Waals surface area contributed by atoms with Crippen LogP contribution >= 0.6 is 0 Å². The maximum absolute atomic E-state index is 4.77. The van der Waals surface area contributed by atoms with Crippen LogP contribution in [0.2, 0.25) is 0 Å². The summed E-state index contributed by atoms with van der Waals surface area (Å²) in [5, 5.41) is 6.85. The molecule has 3 rings (SSSR count). The van der Waals surface area contributed by atoms with Gasteiger partial charge in [-0.25, -0.2) is 4.98 Å². The number of hydrogen-bond acceptors (Lipinski definition) is 3. The van der Waals surface area contributed by atoms with Crippen LogP contribution in [0.25, 0.3) is 0 Å². The van der Waals surface area contributed by atoms with Crippen LogP contribution < -0.4 is 10.6 Å². The van der Waals surface area contributed by atoms with Gasteiger partial charge in [0.05, 0.1) is 0 Å². The molecule has 3 nitrogen and oxygen atoms in total. The zero-order valence-corrected chi connectivity index (χ0v) is 11.0. The first-order valence-corrected chi connectivity index (χ1v) is 7.35. The molecule has 18 heavy (non-hydrogen) atoms. The van der Waals surface area contributed by atoms with E-state index < -0.39 is 0 Å². The molecular formula is C15H23N3. The number of anilines is 1. The van der Waals surface area contributed by atoms with Crippen LogP contribution in [0, 0.1) is 5.92 Å². The number of aryl methyl sites for hydroxylation is 2. The van der Waals surface area contributed by atoms with E-state index in [9.17, 15) is 0 Å². The lowest BCUT2D eigenvalue weighted by Gasteiger charge is -2.22. The van der Waals surface area contributed by atoms with Gasteiger partial charge in [0.1, 0.15) is 5.82 Å². The van der Waals surface area contributed by atoms with Crippen molar-refractivity contribution in [2.24, 2.45) is 5.92 Å². The van der Waals surface area contributed by atoms with E-state index in [0.717, 1.165) is 24.7 Å². The molecule has 0 saturated carbocycles. The van der Waals surface area contributed by atoms with E-state index >= 15 is 0 Å². The quantitative estimate of drug-likeness (QED) is 0.858. The number of hydrogen-bond donors (Lipinski definition) is 2. The van der Waals surface area contributed by atoms with Gasteiger partial charge >= 0.3 is 0 Å². The molecule has 0 unspecified atom stereocenters. The van der Waals surface area contributed by atoms with Gasteiger partial charge in [-0.2, -0.15) is 0 Å². The Hall–Kier alpha value is -1.09. The lowest BCUT2D eigenvalue weighted by molar-refractivity contribution is 0.353. The summed E-state index contributed by atoms with van der Waals surface area (Å²) in [6, 6.07) is 4.50. The number of nitrogens with one attached hydrogen (secondary N) is 2. The number of pyridine rings is 1. The molecule has 2 N–H and O–H groups in total. The van der Waals surface area contributed by atoms with Crippen molar-refractivity contribution in [3.05, 3.63) is 23.4 Å². The van der Waals surface area contributed by atoms with Crippen LogP contribution in [0.1, 0.15) is 36.9 Å². The molecule has 0 atom stereocenters. The fourth-order valence-corrected chi connectivity index (χ4v) is 3.03. The van der Waals surface area contributed by atoms with Crippen molar-refractivity contribution >= 4 is 5.82 Å². The summed E-state index contributed by atoms with van der Waals surface area (Å²) >= 11 is 0. The summed E-state index contributed by atoms with van der Waals surface area (Å²) in [7, 11) is 0. The number of nitrogens with zero attached hydrogens (tertiary/aromatic N) is 1. The molecule has 1 aromatic rings. The molecule has 1 aromatic heterocycles. The first kappa shape index (κ1) is 12.0. The van der Waals surface area contributed by atoms with Gasteiger partial charge in [-0.15, -0.1) is 0 Å². The van der Waals surface area contributed by atoms with Crippen molar-refractivity contribution in [3.63, 3.8) is 0 Å². The van der Waals surface area contributed by atoms with Crippen molar-refractivity contribution in [1.29, 1.82) is 0 Å². The predicted octanol–water partition coefficient (Wildman–Crippen LogP) is 2.37. The highest BCUT2D eigenvalue weighted by Crippen LogP contribution is 2.22. The average molecular weight is 245 g/mol. The smallest absolute Gasteiger partial charge is 0.129 e. The molecule has 0 bridgehead atoms. The minimum absolute atomic E-state index is 0.900. The number of fused-ring (bicyclic) bond motifs is 1. The molecule has 2 aliphatic heterocycles. The van der Waals surface area contributed by atoms with Gasteiger partial charge < -0.3 is 10.6 Å². The van der Waals surface area contributed by atoms with Gasteiger partial charge in [-0.3, -0.25) is 0 Å². The summed E-state index contributed by atoms with van der Waals surface area (Å²) in [6.07, 6.45) is 7.53. The monoisotopic (exact) mass is 245 g/mol. The molecular weight excluding hydrogens is 222 g/mol. The molecule has 0 amide bonds. The Morgan fingerprint density at radius 3 is 2.94 bits per heavy atom. The summed E-state index contributed by atoms with van der Waals surface area (Å²) in [4.78, 5) is 4.77. The van der Waals surface area contributed by atoms with Crippen LogP contribution in [0.3, 0.4) is 0 Å². The molecule has 0 aliphatic carbocycles. The molecule has 0 radical (unpaired) electrons. The lowest BCUT2D eigenvalue weighted by atomic mass is 9.92. The summed E-state index contributed by atoms with van der Waals surface area (Å²) in [6.45, 7) is 3.48. The Kier molecular flexibility index (Phi) is 3.79. The Morgan fingerprint density at radius 2 is 2.06 bits per heavy atom. The average Bonchev–Trinajstić information content (AvgIpc) is 2.46. The number of rotatable bonds is 3. The van der Waals surface area contributed by atoms with Crippen LogP contribution in [-0.2, 0) is 12.8 Å². The third kappa shape index (κ3) is 2.83. The molecule has 0 spiro atoms. The summed E-state index contributed by atoms with van der Waals surface area (Å²) in [5.74, 6) is 2.04. The highest BCUT2D eigenvalue weighted by atomic mass is 15.0. The molecule has 3 heteroatoms. The van der Waals surface area contributed by atoms with Gasteiger partial charge in [0, 0.05) is 12.2 Å². The SMILES string of the molecule is c1cc2c(nc1CCC1CCNCC1)NCCC2.